The number of nitrogens with one attached hydrogen (secondary N) is 1. The summed E-state index contributed by atoms with van der Waals surface area (Å²) in [5, 5.41) is 27.3. The third-order valence-electron chi connectivity index (χ3n) is 5.13. The van der Waals surface area contributed by atoms with Gasteiger partial charge in [0, 0.05) is 17.8 Å². The molecule has 0 spiro atoms. The lowest BCUT2D eigenvalue weighted by molar-refractivity contribution is 0.0697. The fraction of sp³-hybridized carbons (Fsp3) is 0.286. The Bertz CT molecular complexity index is 963. The molecule has 0 atom stereocenters. The number of aromatic nitrogens is 3. The highest BCUT2D eigenvalue weighted by molar-refractivity contribution is 5.94. The van der Waals surface area contributed by atoms with E-state index in [9.17, 15) is 15.0 Å². The maximum atomic E-state index is 11.5. The molecule has 0 unspecified atom stereocenters. The van der Waals surface area contributed by atoms with E-state index in [2.05, 4.69) is 10.3 Å². The van der Waals surface area contributed by atoms with Gasteiger partial charge in [-0.05, 0) is 31.7 Å². The number of carbonyl (C=O) groups is 1. The molecule has 0 saturated heterocycles. The number of nitrogens with zero attached hydrogens (tertiary/aromatic N) is 3. The molecule has 1 aromatic carbocycles. The highest BCUT2D eigenvalue weighted by Crippen LogP contribution is 2.34. The quantitative estimate of drug-likeness (QED) is 0.623. The summed E-state index contributed by atoms with van der Waals surface area (Å²) in [4.78, 5) is 15.6. The average molecular weight is 378 g/mol. The topological polar surface area (TPSA) is 100 Å². The SMILES string of the molecule is O=C(O)c1ccncc1Nc1cc(-c2ccccc2)nn1[C@H]1CC[C@@H](O)CC1. The van der Waals surface area contributed by atoms with Gasteiger partial charge < -0.3 is 15.5 Å². The van der Waals surface area contributed by atoms with Gasteiger partial charge >= 0.3 is 5.97 Å². The Morgan fingerprint density at radius 2 is 1.86 bits per heavy atom. The molecule has 7 nitrogen and oxygen atoms in total. The zero-order valence-electron chi connectivity index (χ0n) is 15.3. The van der Waals surface area contributed by atoms with Crippen molar-refractivity contribution < 1.29 is 15.0 Å². The summed E-state index contributed by atoms with van der Waals surface area (Å²) in [6, 6.07) is 13.4. The van der Waals surface area contributed by atoms with E-state index < -0.39 is 5.97 Å². The molecule has 0 bridgehead atoms. The third-order valence-corrected chi connectivity index (χ3v) is 5.13. The highest BCUT2D eigenvalue weighted by atomic mass is 16.4. The maximum absolute atomic E-state index is 11.5. The van der Waals surface area contributed by atoms with Crippen molar-refractivity contribution in [2.75, 3.05) is 5.32 Å². The van der Waals surface area contributed by atoms with Crippen LogP contribution in [-0.2, 0) is 0 Å². The van der Waals surface area contributed by atoms with Gasteiger partial charge in [-0.15, -0.1) is 0 Å². The first-order chi connectivity index (χ1) is 13.6. The number of aliphatic hydroxyl groups is 1. The summed E-state index contributed by atoms with van der Waals surface area (Å²) in [6.07, 6.45) is 5.83. The van der Waals surface area contributed by atoms with E-state index in [1.54, 1.807) is 0 Å². The monoisotopic (exact) mass is 378 g/mol. The molecule has 0 radical (unpaired) electrons. The summed E-state index contributed by atoms with van der Waals surface area (Å²) in [5.41, 5.74) is 2.38. The van der Waals surface area contributed by atoms with Crippen LogP contribution in [0.2, 0.25) is 0 Å². The number of aromatic carboxylic acids is 1. The van der Waals surface area contributed by atoms with Crippen molar-refractivity contribution in [2.24, 2.45) is 0 Å². The van der Waals surface area contributed by atoms with Crippen molar-refractivity contribution in [3.63, 3.8) is 0 Å². The molecular formula is C21H22N4O3. The van der Waals surface area contributed by atoms with Gasteiger partial charge in [0.1, 0.15) is 5.82 Å². The van der Waals surface area contributed by atoms with Crippen LogP contribution in [0, 0.1) is 0 Å². The van der Waals surface area contributed by atoms with Crippen LogP contribution in [0.3, 0.4) is 0 Å². The molecule has 1 aliphatic carbocycles. The second-order valence-corrected chi connectivity index (χ2v) is 7.04. The van der Waals surface area contributed by atoms with Crippen LogP contribution in [-0.4, -0.2) is 37.1 Å². The van der Waals surface area contributed by atoms with E-state index in [4.69, 9.17) is 5.10 Å². The second kappa shape index (κ2) is 7.82. The first-order valence-electron chi connectivity index (χ1n) is 9.39. The summed E-state index contributed by atoms with van der Waals surface area (Å²) in [6.45, 7) is 0. The molecule has 2 heterocycles. The van der Waals surface area contributed by atoms with Crippen molar-refractivity contribution in [3.8, 4) is 11.3 Å². The van der Waals surface area contributed by atoms with Gasteiger partial charge in [-0.1, -0.05) is 30.3 Å². The van der Waals surface area contributed by atoms with Gasteiger partial charge in [-0.2, -0.15) is 5.10 Å². The summed E-state index contributed by atoms with van der Waals surface area (Å²) in [5.74, 6) is -0.296. The Labute approximate surface area is 162 Å². The summed E-state index contributed by atoms with van der Waals surface area (Å²) in [7, 11) is 0. The first-order valence-corrected chi connectivity index (χ1v) is 9.39. The van der Waals surface area contributed by atoms with Gasteiger partial charge in [0.25, 0.3) is 0 Å². The van der Waals surface area contributed by atoms with Crippen molar-refractivity contribution in [3.05, 3.63) is 60.4 Å². The van der Waals surface area contributed by atoms with E-state index in [-0.39, 0.29) is 17.7 Å². The molecule has 7 heteroatoms. The average Bonchev–Trinajstić information content (AvgIpc) is 3.13. The number of hydrogen-bond acceptors (Lipinski definition) is 5. The summed E-state index contributed by atoms with van der Waals surface area (Å²) >= 11 is 0. The zero-order valence-corrected chi connectivity index (χ0v) is 15.3. The van der Waals surface area contributed by atoms with Crippen molar-refractivity contribution in [1.29, 1.82) is 0 Å². The van der Waals surface area contributed by atoms with Crippen LogP contribution >= 0.6 is 0 Å². The van der Waals surface area contributed by atoms with Gasteiger partial charge in [-0.3, -0.25) is 4.98 Å². The number of benzene rings is 1. The number of carboxylic acid groups (broad SMARTS) is 1. The van der Waals surface area contributed by atoms with Crippen LogP contribution in [0.15, 0.2) is 54.9 Å². The second-order valence-electron chi connectivity index (χ2n) is 7.04. The first kappa shape index (κ1) is 18.2. The molecule has 1 saturated carbocycles. The van der Waals surface area contributed by atoms with E-state index in [0.29, 0.717) is 5.69 Å². The van der Waals surface area contributed by atoms with Crippen LogP contribution < -0.4 is 5.32 Å². The van der Waals surface area contributed by atoms with Gasteiger partial charge in [-0.25, -0.2) is 9.48 Å². The van der Waals surface area contributed by atoms with Crippen LogP contribution in [0.4, 0.5) is 11.5 Å². The third kappa shape index (κ3) is 3.75. The predicted molar refractivity (Wildman–Crippen MR) is 106 cm³/mol. The molecule has 144 valence electrons. The van der Waals surface area contributed by atoms with Crippen LogP contribution in [0.5, 0.6) is 0 Å². The number of pyridine rings is 1. The zero-order chi connectivity index (χ0) is 19.5. The van der Waals surface area contributed by atoms with E-state index in [0.717, 1.165) is 42.8 Å². The standard InChI is InChI=1S/C21H22N4O3/c26-16-8-6-15(7-9-16)25-20(12-18(24-25)14-4-2-1-3-5-14)23-19-13-22-11-10-17(19)21(27)28/h1-5,10-13,15-16,23,26H,6-9H2,(H,27,28)/t15-,16+. The largest absolute Gasteiger partial charge is 0.478 e. The Morgan fingerprint density at radius 3 is 2.57 bits per heavy atom. The molecular weight excluding hydrogens is 356 g/mol. The molecule has 1 fully saturated rings. The Balaban J connectivity index is 1.72. The normalized spacial score (nSPS) is 19.3. The van der Waals surface area contributed by atoms with E-state index in [1.807, 2.05) is 41.1 Å². The van der Waals surface area contributed by atoms with Crippen molar-refractivity contribution in [2.45, 2.75) is 37.8 Å². The van der Waals surface area contributed by atoms with Gasteiger partial charge in [0.15, 0.2) is 0 Å². The Kier molecular flexibility index (Phi) is 5.08. The number of hydrogen-bond donors (Lipinski definition) is 3. The molecule has 0 aliphatic heterocycles. The number of anilines is 2. The Hall–Kier alpha value is -3.19. The molecule has 4 rings (SSSR count). The number of aliphatic hydroxyl groups excluding tert-OH is 1. The lowest BCUT2D eigenvalue weighted by Gasteiger charge is -2.27. The lowest BCUT2D eigenvalue weighted by Crippen LogP contribution is -2.22. The molecule has 3 aromatic rings. The minimum Gasteiger partial charge on any atom is -0.478 e. The molecule has 0 amide bonds. The molecule has 3 N–H and O–H groups in total. The van der Waals surface area contributed by atoms with E-state index >= 15 is 0 Å². The molecule has 28 heavy (non-hydrogen) atoms. The highest BCUT2D eigenvalue weighted by Gasteiger charge is 2.25. The fourth-order valence-electron chi connectivity index (χ4n) is 3.64. The Morgan fingerprint density at radius 1 is 1.11 bits per heavy atom. The van der Waals surface area contributed by atoms with Crippen LogP contribution in [0.25, 0.3) is 11.3 Å². The number of carboxylic acids is 1. The fourth-order valence-corrected chi connectivity index (χ4v) is 3.64. The number of rotatable bonds is 5. The molecule has 1 aliphatic rings. The van der Waals surface area contributed by atoms with Gasteiger partial charge in [0.05, 0.1) is 35.3 Å². The van der Waals surface area contributed by atoms with Crippen LogP contribution in [0.1, 0.15) is 42.1 Å². The maximum Gasteiger partial charge on any atom is 0.337 e. The van der Waals surface area contributed by atoms with Crippen molar-refractivity contribution in [1.82, 2.24) is 14.8 Å². The lowest BCUT2D eigenvalue weighted by atomic mass is 9.93. The smallest absolute Gasteiger partial charge is 0.337 e. The minimum absolute atomic E-state index is 0.147. The van der Waals surface area contributed by atoms with Crippen molar-refractivity contribution >= 4 is 17.5 Å². The van der Waals surface area contributed by atoms with E-state index in [1.165, 1.54) is 18.5 Å². The minimum atomic E-state index is -1.01. The molecule has 2 aromatic heterocycles. The summed E-state index contributed by atoms with van der Waals surface area (Å²) < 4.78 is 1.92. The predicted octanol–water partition coefficient (Wildman–Crippen LogP) is 3.86. The van der Waals surface area contributed by atoms with Gasteiger partial charge in [0.2, 0.25) is 0 Å².